The standard InChI is InChI=1S/C30H21N3O3S2/c34-29-27(19-21-16-17-25-26(18-21)36-20-35-25)37-30(32(29)23-12-6-2-7-13-23)33(24-14-8-3-9-15-24)31-28(38-30)22-10-4-1-5-11-22/h1-19H,20H2/b27-19-. The van der Waals surface area contributed by atoms with E-state index in [1.807, 2.05) is 125 Å². The topological polar surface area (TPSA) is 54.4 Å². The number of carbonyl (C=O) groups is 1. The van der Waals surface area contributed by atoms with Crippen LogP contribution in [0.25, 0.3) is 6.08 Å². The lowest BCUT2D eigenvalue weighted by atomic mass is 10.2. The van der Waals surface area contributed by atoms with Gasteiger partial charge in [0.1, 0.15) is 5.04 Å². The molecule has 8 heteroatoms. The van der Waals surface area contributed by atoms with Gasteiger partial charge in [0.15, 0.2) is 11.5 Å². The molecule has 4 aromatic carbocycles. The van der Waals surface area contributed by atoms with Crippen LogP contribution in [-0.2, 0) is 4.79 Å². The van der Waals surface area contributed by atoms with Crippen LogP contribution >= 0.6 is 23.5 Å². The van der Waals surface area contributed by atoms with E-state index in [4.69, 9.17) is 14.6 Å². The fourth-order valence-electron chi connectivity index (χ4n) is 4.61. The van der Waals surface area contributed by atoms with E-state index < -0.39 is 4.33 Å². The lowest BCUT2D eigenvalue weighted by molar-refractivity contribution is -0.114. The van der Waals surface area contributed by atoms with Crippen molar-refractivity contribution in [2.75, 3.05) is 16.7 Å². The second-order valence-electron chi connectivity index (χ2n) is 8.77. The third-order valence-electron chi connectivity index (χ3n) is 6.36. The minimum Gasteiger partial charge on any atom is -0.454 e. The van der Waals surface area contributed by atoms with Gasteiger partial charge in [-0.05, 0) is 59.8 Å². The number of ether oxygens (including phenoxy) is 2. The van der Waals surface area contributed by atoms with Crippen molar-refractivity contribution in [1.82, 2.24) is 0 Å². The van der Waals surface area contributed by atoms with Crippen LogP contribution in [0.1, 0.15) is 11.1 Å². The molecule has 4 aromatic rings. The second kappa shape index (κ2) is 9.31. The van der Waals surface area contributed by atoms with Gasteiger partial charge in [0.25, 0.3) is 5.91 Å². The van der Waals surface area contributed by atoms with Crippen molar-refractivity contribution in [2.24, 2.45) is 5.10 Å². The number of rotatable bonds is 4. The van der Waals surface area contributed by atoms with Gasteiger partial charge < -0.3 is 9.47 Å². The molecule has 1 atom stereocenters. The first-order valence-corrected chi connectivity index (χ1v) is 13.7. The number of para-hydroxylation sites is 2. The number of hydrazone groups is 1. The number of nitrogens with zero attached hydrogens (tertiary/aromatic N) is 3. The first kappa shape index (κ1) is 23.0. The molecule has 0 aromatic heterocycles. The van der Waals surface area contributed by atoms with Crippen LogP contribution in [0.3, 0.4) is 0 Å². The maximum absolute atomic E-state index is 14.2. The predicted molar refractivity (Wildman–Crippen MR) is 154 cm³/mol. The van der Waals surface area contributed by atoms with Crippen molar-refractivity contribution in [1.29, 1.82) is 0 Å². The third-order valence-corrected chi connectivity index (χ3v) is 9.12. The Balaban J connectivity index is 1.38. The minimum absolute atomic E-state index is 0.0863. The Morgan fingerprint density at radius 1 is 0.763 bits per heavy atom. The van der Waals surface area contributed by atoms with Crippen molar-refractivity contribution >= 4 is 51.9 Å². The molecular weight excluding hydrogens is 514 g/mol. The van der Waals surface area contributed by atoms with E-state index >= 15 is 0 Å². The number of anilines is 2. The van der Waals surface area contributed by atoms with Crippen molar-refractivity contribution in [2.45, 2.75) is 4.33 Å². The van der Waals surface area contributed by atoms with E-state index in [0.717, 1.165) is 27.5 Å². The lowest BCUT2D eigenvalue weighted by Crippen LogP contribution is -2.51. The van der Waals surface area contributed by atoms with E-state index in [0.29, 0.717) is 16.4 Å². The summed E-state index contributed by atoms with van der Waals surface area (Å²) < 4.78 is 10.1. The van der Waals surface area contributed by atoms with Gasteiger partial charge in [0.05, 0.1) is 10.6 Å². The maximum Gasteiger partial charge on any atom is 0.268 e. The summed E-state index contributed by atoms with van der Waals surface area (Å²) in [5.74, 6) is 1.31. The van der Waals surface area contributed by atoms with E-state index in [9.17, 15) is 4.79 Å². The van der Waals surface area contributed by atoms with Crippen LogP contribution in [0, 0.1) is 0 Å². The lowest BCUT2D eigenvalue weighted by Gasteiger charge is -2.38. The first-order valence-electron chi connectivity index (χ1n) is 12.1. The summed E-state index contributed by atoms with van der Waals surface area (Å²) in [5, 5.41) is 7.91. The van der Waals surface area contributed by atoms with Crippen LogP contribution in [0.4, 0.5) is 11.4 Å². The van der Waals surface area contributed by atoms with Gasteiger partial charge in [-0.1, -0.05) is 84.6 Å². The highest BCUT2D eigenvalue weighted by molar-refractivity contribution is 8.28. The molecule has 3 aliphatic rings. The zero-order valence-electron chi connectivity index (χ0n) is 20.1. The van der Waals surface area contributed by atoms with Crippen molar-refractivity contribution in [3.05, 3.63) is 125 Å². The first-order chi connectivity index (χ1) is 18.7. The summed E-state index contributed by atoms with van der Waals surface area (Å²) in [6, 6.07) is 35.6. The van der Waals surface area contributed by atoms with Crippen LogP contribution in [-0.4, -0.2) is 22.1 Å². The number of thioether (sulfide) groups is 2. The molecule has 3 aliphatic heterocycles. The van der Waals surface area contributed by atoms with Crippen LogP contribution in [0.15, 0.2) is 119 Å². The molecule has 1 saturated heterocycles. The van der Waals surface area contributed by atoms with Crippen molar-refractivity contribution < 1.29 is 14.3 Å². The average Bonchev–Trinajstić information content (AvgIpc) is 3.66. The molecule has 1 fully saturated rings. The molecule has 3 heterocycles. The van der Waals surface area contributed by atoms with E-state index in [2.05, 4.69) is 0 Å². The van der Waals surface area contributed by atoms with Crippen LogP contribution in [0.5, 0.6) is 11.5 Å². The molecule has 6 nitrogen and oxygen atoms in total. The van der Waals surface area contributed by atoms with Gasteiger partial charge in [-0.15, -0.1) is 0 Å². The highest BCUT2D eigenvalue weighted by Gasteiger charge is 2.59. The number of fused-ring (bicyclic) bond motifs is 1. The summed E-state index contributed by atoms with van der Waals surface area (Å²) in [6.45, 7) is 0.205. The molecular formula is C30H21N3O3S2. The van der Waals surface area contributed by atoms with Gasteiger partial charge >= 0.3 is 0 Å². The molecule has 1 amide bonds. The Hall–Kier alpha value is -4.14. The molecule has 0 saturated carbocycles. The molecule has 1 unspecified atom stereocenters. The quantitative estimate of drug-likeness (QED) is 0.269. The van der Waals surface area contributed by atoms with Gasteiger partial charge in [0.2, 0.25) is 11.1 Å². The Labute approximate surface area is 228 Å². The molecule has 186 valence electrons. The summed E-state index contributed by atoms with van der Waals surface area (Å²) >= 11 is 3.08. The van der Waals surface area contributed by atoms with Crippen molar-refractivity contribution in [3.63, 3.8) is 0 Å². The Morgan fingerprint density at radius 2 is 1.42 bits per heavy atom. The summed E-state index contributed by atoms with van der Waals surface area (Å²) in [4.78, 5) is 16.7. The highest BCUT2D eigenvalue weighted by atomic mass is 32.2. The maximum atomic E-state index is 14.2. The average molecular weight is 536 g/mol. The normalized spacial score (nSPS) is 21.0. The van der Waals surface area contributed by atoms with E-state index in [1.54, 1.807) is 11.8 Å². The summed E-state index contributed by atoms with van der Waals surface area (Å²) in [7, 11) is 0. The molecule has 38 heavy (non-hydrogen) atoms. The Bertz CT molecular complexity index is 1580. The van der Waals surface area contributed by atoms with E-state index in [-0.39, 0.29) is 12.7 Å². The van der Waals surface area contributed by atoms with Crippen molar-refractivity contribution in [3.8, 4) is 11.5 Å². The number of carbonyl (C=O) groups excluding carboxylic acids is 1. The number of hydrogen-bond donors (Lipinski definition) is 0. The number of hydrogen-bond acceptors (Lipinski definition) is 7. The molecule has 0 bridgehead atoms. The zero-order chi connectivity index (χ0) is 25.5. The second-order valence-corrected chi connectivity index (χ2v) is 11.4. The number of amides is 1. The Kier molecular flexibility index (Phi) is 5.64. The smallest absolute Gasteiger partial charge is 0.268 e. The van der Waals surface area contributed by atoms with E-state index in [1.165, 1.54) is 11.8 Å². The SMILES string of the molecule is O=C1/C(=C/c2ccc3c(c2)OCO3)SC2(SC(c3ccccc3)=NN2c2ccccc2)N1c1ccccc1. The van der Waals surface area contributed by atoms with Crippen LogP contribution in [0.2, 0.25) is 0 Å². The zero-order valence-corrected chi connectivity index (χ0v) is 21.7. The largest absolute Gasteiger partial charge is 0.454 e. The van der Waals surface area contributed by atoms with Gasteiger partial charge in [-0.3, -0.25) is 9.69 Å². The van der Waals surface area contributed by atoms with Crippen LogP contribution < -0.4 is 19.4 Å². The monoisotopic (exact) mass is 535 g/mol. The summed E-state index contributed by atoms with van der Waals surface area (Å²) in [6.07, 6.45) is 1.92. The molecule has 7 rings (SSSR count). The molecule has 0 aliphatic carbocycles. The third kappa shape index (κ3) is 3.84. The fourth-order valence-corrected chi connectivity index (χ4v) is 7.60. The van der Waals surface area contributed by atoms with Gasteiger partial charge in [0, 0.05) is 11.3 Å². The highest BCUT2D eigenvalue weighted by Crippen LogP contribution is 2.59. The van der Waals surface area contributed by atoms with Gasteiger partial charge in [-0.2, -0.15) is 5.10 Å². The minimum atomic E-state index is -0.896. The summed E-state index contributed by atoms with van der Waals surface area (Å²) in [5.41, 5.74) is 3.58. The Morgan fingerprint density at radius 3 is 2.16 bits per heavy atom. The fraction of sp³-hybridized carbons (Fsp3) is 0.0667. The predicted octanol–water partition coefficient (Wildman–Crippen LogP) is 6.76. The molecule has 0 N–H and O–H groups in total. The molecule has 1 spiro atoms. The van der Waals surface area contributed by atoms with Gasteiger partial charge in [-0.25, -0.2) is 5.01 Å². The molecule has 0 radical (unpaired) electrons. The number of benzene rings is 4.